The molecule has 0 spiro atoms. The van der Waals surface area contributed by atoms with E-state index in [2.05, 4.69) is 4.74 Å². The van der Waals surface area contributed by atoms with Gasteiger partial charge in [-0.3, -0.25) is 0 Å². The minimum atomic E-state index is -4.00. The lowest BCUT2D eigenvalue weighted by molar-refractivity contribution is -0.165. The lowest BCUT2D eigenvalue weighted by atomic mass is 10.4. The van der Waals surface area contributed by atoms with Crippen molar-refractivity contribution in [1.82, 2.24) is 0 Å². The van der Waals surface area contributed by atoms with Crippen molar-refractivity contribution in [2.45, 2.75) is 17.6 Å². The van der Waals surface area contributed by atoms with Gasteiger partial charge in [-0.15, -0.1) is 0 Å². The minimum absolute atomic E-state index is 0.146. The van der Waals surface area contributed by atoms with E-state index < -0.39 is 19.0 Å². The second kappa shape index (κ2) is 3.83. The fourth-order valence-corrected chi connectivity index (χ4v) is 0.978. The molecule has 1 atom stereocenters. The minimum Gasteiger partial charge on any atom is -0.374 e. The maximum atomic E-state index is 12.1. The van der Waals surface area contributed by atoms with Crippen molar-refractivity contribution in [3.63, 3.8) is 0 Å². The summed E-state index contributed by atoms with van der Waals surface area (Å²) in [7, 11) is 0. The molecule has 1 unspecified atom stereocenters. The van der Waals surface area contributed by atoms with Crippen molar-refractivity contribution < 1.29 is 22.3 Å². The van der Waals surface area contributed by atoms with Gasteiger partial charge in [0, 0.05) is 11.0 Å². The largest absolute Gasteiger partial charge is 0.374 e. The van der Waals surface area contributed by atoms with Crippen LogP contribution in [0.5, 0.6) is 0 Å². The van der Waals surface area contributed by atoms with Gasteiger partial charge in [0.2, 0.25) is 0 Å². The zero-order chi connectivity index (χ0) is 9.19. The van der Waals surface area contributed by atoms with Crippen LogP contribution in [0, 0.1) is 0 Å². The molecule has 12 heavy (non-hydrogen) atoms. The number of thioether (sulfide) groups is 1. The smallest absolute Gasteiger partial charge is 0.330 e. The third-order valence-electron chi connectivity index (χ3n) is 1.32. The second-order valence-corrected chi connectivity index (χ2v) is 3.87. The molecule has 0 bridgehead atoms. The summed E-state index contributed by atoms with van der Waals surface area (Å²) in [5, 5.41) is 0.235. The second-order valence-electron chi connectivity index (χ2n) is 2.53. The van der Waals surface area contributed by atoms with E-state index in [9.17, 15) is 17.6 Å². The molecule has 1 nitrogen and oxygen atoms in total. The van der Waals surface area contributed by atoms with Crippen molar-refractivity contribution in [2.24, 2.45) is 0 Å². The van der Waals surface area contributed by atoms with Gasteiger partial charge in [0.15, 0.2) is 0 Å². The van der Waals surface area contributed by atoms with E-state index in [1.165, 1.54) is 0 Å². The summed E-state index contributed by atoms with van der Waals surface area (Å²) < 4.78 is 51.7. The Kier molecular flexibility index (Phi) is 3.22. The summed E-state index contributed by atoms with van der Waals surface area (Å²) in [6, 6.07) is 0. The highest BCUT2D eigenvalue weighted by atomic mass is 32.2. The van der Waals surface area contributed by atoms with Gasteiger partial charge in [-0.1, -0.05) is 0 Å². The molecule has 0 saturated carbocycles. The van der Waals surface area contributed by atoms with Crippen LogP contribution in [-0.2, 0) is 4.74 Å². The molecule has 0 aromatic rings. The van der Waals surface area contributed by atoms with E-state index in [0.29, 0.717) is 0 Å². The van der Waals surface area contributed by atoms with E-state index >= 15 is 0 Å². The standard InChI is InChI=1S/C6H8F4OS/c7-5(8)6(9,10)3-11-1-4-2-12-4/h4-5H,1-3H2. The topological polar surface area (TPSA) is 9.23 Å². The highest BCUT2D eigenvalue weighted by Crippen LogP contribution is 2.31. The molecular formula is C6H8F4OS. The number of alkyl halides is 4. The number of hydrogen-bond donors (Lipinski definition) is 0. The van der Waals surface area contributed by atoms with Gasteiger partial charge in [-0.05, 0) is 0 Å². The van der Waals surface area contributed by atoms with Crippen LogP contribution in [0.15, 0.2) is 0 Å². The third kappa shape index (κ3) is 3.18. The number of hydrogen-bond acceptors (Lipinski definition) is 2. The molecule has 1 fully saturated rings. The predicted molar refractivity (Wildman–Crippen MR) is 38.0 cm³/mol. The third-order valence-corrected chi connectivity index (χ3v) is 2.26. The predicted octanol–water partition coefficient (Wildman–Crippen LogP) is 2.02. The normalized spacial score (nSPS) is 23.2. The Morgan fingerprint density at radius 3 is 2.50 bits per heavy atom. The van der Waals surface area contributed by atoms with Crippen molar-refractivity contribution in [1.29, 1.82) is 0 Å². The van der Waals surface area contributed by atoms with Gasteiger partial charge in [-0.25, -0.2) is 8.78 Å². The Morgan fingerprint density at radius 1 is 1.50 bits per heavy atom. The van der Waals surface area contributed by atoms with Crippen LogP contribution in [0.1, 0.15) is 0 Å². The number of rotatable bonds is 5. The summed E-state index contributed by atoms with van der Waals surface area (Å²) in [4.78, 5) is 0. The maximum Gasteiger partial charge on any atom is 0.330 e. The van der Waals surface area contributed by atoms with E-state index in [1.807, 2.05) is 0 Å². The fourth-order valence-electron chi connectivity index (χ4n) is 0.554. The van der Waals surface area contributed by atoms with E-state index in [1.54, 1.807) is 11.8 Å². The number of halogens is 4. The Balaban J connectivity index is 2.10. The van der Waals surface area contributed by atoms with E-state index in [0.717, 1.165) is 5.75 Å². The van der Waals surface area contributed by atoms with Gasteiger partial charge >= 0.3 is 12.3 Å². The molecule has 0 radical (unpaired) electrons. The average Bonchev–Trinajstić information content (AvgIpc) is 2.70. The summed E-state index contributed by atoms with van der Waals surface area (Å²) in [6.07, 6.45) is -3.63. The van der Waals surface area contributed by atoms with Gasteiger partial charge in [-0.2, -0.15) is 20.5 Å². The van der Waals surface area contributed by atoms with Crippen molar-refractivity contribution in [3.05, 3.63) is 0 Å². The van der Waals surface area contributed by atoms with Gasteiger partial charge in [0.05, 0.1) is 6.61 Å². The van der Waals surface area contributed by atoms with Crippen molar-refractivity contribution >= 4 is 11.8 Å². The summed E-state index contributed by atoms with van der Waals surface area (Å²) in [5.41, 5.74) is 0. The van der Waals surface area contributed by atoms with E-state index in [4.69, 9.17) is 0 Å². The summed E-state index contributed by atoms with van der Waals surface area (Å²) in [5.74, 6) is -3.13. The first kappa shape index (κ1) is 10.1. The van der Waals surface area contributed by atoms with Gasteiger partial charge in [0.25, 0.3) is 0 Å². The zero-order valence-corrected chi connectivity index (χ0v) is 6.92. The highest BCUT2D eigenvalue weighted by Gasteiger charge is 2.41. The zero-order valence-electron chi connectivity index (χ0n) is 6.10. The summed E-state index contributed by atoms with van der Waals surface area (Å²) in [6.45, 7) is -1.03. The molecule has 0 aliphatic carbocycles. The van der Waals surface area contributed by atoms with Gasteiger partial charge in [0.1, 0.15) is 6.61 Å². The molecule has 1 aliphatic rings. The SMILES string of the molecule is FC(F)C(F)(F)COCC1CS1. The molecule has 0 N–H and O–H groups in total. The maximum absolute atomic E-state index is 12.1. The molecule has 1 heterocycles. The first-order valence-electron chi connectivity index (χ1n) is 3.37. The summed E-state index contributed by atoms with van der Waals surface area (Å²) >= 11 is 1.57. The molecule has 1 aliphatic heterocycles. The van der Waals surface area contributed by atoms with Crippen LogP contribution in [-0.4, -0.2) is 36.6 Å². The quantitative estimate of drug-likeness (QED) is 0.500. The van der Waals surface area contributed by atoms with Crippen molar-refractivity contribution in [2.75, 3.05) is 19.0 Å². The molecule has 72 valence electrons. The van der Waals surface area contributed by atoms with Gasteiger partial charge < -0.3 is 4.74 Å². The Morgan fingerprint density at radius 2 is 2.08 bits per heavy atom. The molecule has 0 amide bonds. The Bertz CT molecular complexity index is 148. The Hall–Kier alpha value is 0.0300. The van der Waals surface area contributed by atoms with Crippen LogP contribution in [0.3, 0.4) is 0 Å². The van der Waals surface area contributed by atoms with E-state index in [-0.39, 0.29) is 11.9 Å². The molecule has 1 rings (SSSR count). The first-order chi connectivity index (χ1) is 5.52. The average molecular weight is 204 g/mol. The van der Waals surface area contributed by atoms with Crippen LogP contribution < -0.4 is 0 Å². The fraction of sp³-hybridized carbons (Fsp3) is 1.00. The van der Waals surface area contributed by atoms with Crippen LogP contribution in [0.25, 0.3) is 0 Å². The van der Waals surface area contributed by atoms with Crippen LogP contribution in [0.2, 0.25) is 0 Å². The van der Waals surface area contributed by atoms with Crippen LogP contribution >= 0.6 is 11.8 Å². The molecule has 6 heteroatoms. The molecule has 1 saturated heterocycles. The number of ether oxygens (including phenoxy) is 1. The highest BCUT2D eigenvalue weighted by molar-refractivity contribution is 8.06. The Labute approximate surface area is 71.5 Å². The van der Waals surface area contributed by atoms with Crippen molar-refractivity contribution in [3.8, 4) is 0 Å². The molecular weight excluding hydrogens is 196 g/mol. The molecule has 0 aromatic heterocycles. The lowest BCUT2D eigenvalue weighted by Gasteiger charge is -2.14. The first-order valence-corrected chi connectivity index (χ1v) is 4.42. The van der Waals surface area contributed by atoms with Crippen LogP contribution in [0.4, 0.5) is 17.6 Å². The molecule has 0 aromatic carbocycles. The lowest BCUT2D eigenvalue weighted by Crippen LogP contribution is -2.32. The monoisotopic (exact) mass is 204 g/mol.